The first-order valence-corrected chi connectivity index (χ1v) is 7.74. The zero-order valence-corrected chi connectivity index (χ0v) is 11.2. The van der Waals surface area contributed by atoms with Crippen molar-refractivity contribution in [3.05, 3.63) is 0 Å². The molecule has 0 bridgehead atoms. The molecule has 16 heavy (non-hydrogen) atoms. The van der Waals surface area contributed by atoms with E-state index in [1.807, 2.05) is 6.92 Å². The molecule has 1 aliphatic rings. The van der Waals surface area contributed by atoms with Crippen molar-refractivity contribution < 1.29 is 18.3 Å². The molecule has 2 unspecified atom stereocenters. The standard InChI is InChI=1S/C9H17NO4S2/c1-4-8-10(16(13,14)6(2)3)7(5-15-8)9(11)12/h6-8H,4-5H2,1-3H3,(H,11,12). The lowest BCUT2D eigenvalue weighted by Gasteiger charge is -2.27. The maximum atomic E-state index is 12.1. The smallest absolute Gasteiger partial charge is 0.322 e. The van der Waals surface area contributed by atoms with Gasteiger partial charge in [-0.3, -0.25) is 4.79 Å². The first kappa shape index (κ1) is 13.8. The van der Waals surface area contributed by atoms with Crippen LogP contribution in [0.4, 0.5) is 0 Å². The van der Waals surface area contributed by atoms with Crippen molar-refractivity contribution in [2.24, 2.45) is 0 Å². The van der Waals surface area contributed by atoms with Gasteiger partial charge in [0.05, 0.1) is 10.6 Å². The van der Waals surface area contributed by atoms with E-state index in [2.05, 4.69) is 0 Å². The summed E-state index contributed by atoms with van der Waals surface area (Å²) in [5, 5.41) is 8.20. The van der Waals surface area contributed by atoms with Gasteiger partial charge in [-0.2, -0.15) is 4.31 Å². The molecule has 1 saturated heterocycles. The number of hydrogen-bond acceptors (Lipinski definition) is 4. The minimum Gasteiger partial charge on any atom is -0.480 e. The summed E-state index contributed by atoms with van der Waals surface area (Å²) in [6.07, 6.45) is 0.625. The summed E-state index contributed by atoms with van der Waals surface area (Å²) in [6.45, 7) is 5.01. The van der Waals surface area contributed by atoms with Crippen LogP contribution in [0.25, 0.3) is 0 Å². The Balaban J connectivity index is 3.08. The van der Waals surface area contributed by atoms with E-state index in [9.17, 15) is 13.2 Å². The van der Waals surface area contributed by atoms with Crippen molar-refractivity contribution in [1.29, 1.82) is 0 Å². The zero-order chi connectivity index (χ0) is 12.5. The lowest BCUT2D eigenvalue weighted by molar-refractivity contribution is -0.140. The molecule has 0 aromatic rings. The van der Waals surface area contributed by atoms with E-state index < -0.39 is 27.3 Å². The summed E-state index contributed by atoms with van der Waals surface area (Å²) in [4.78, 5) is 11.0. The monoisotopic (exact) mass is 267 g/mol. The molecule has 2 atom stereocenters. The Hall–Kier alpha value is -0.270. The molecule has 1 N–H and O–H groups in total. The summed E-state index contributed by atoms with van der Waals surface area (Å²) in [5.41, 5.74) is 0. The second kappa shape index (κ2) is 4.93. The van der Waals surface area contributed by atoms with Crippen LogP contribution in [0.5, 0.6) is 0 Å². The summed E-state index contributed by atoms with van der Waals surface area (Å²) in [7, 11) is -3.50. The maximum absolute atomic E-state index is 12.1. The predicted octanol–water partition coefficient (Wildman–Crippen LogP) is 0.963. The van der Waals surface area contributed by atoms with Crippen LogP contribution >= 0.6 is 11.8 Å². The summed E-state index contributed by atoms with van der Waals surface area (Å²) < 4.78 is 25.3. The van der Waals surface area contributed by atoms with Crippen molar-refractivity contribution >= 4 is 27.8 Å². The second-order valence-corrected chi connectivity index (χ2v) is 7.58. The number of carbonyl (C=O) groups is 1. The van der Waals surface area contributed by atoms with Gasteiger partial charge >= 0.3 is 5.97 Å². The van der Waals surface area contributed by atoms with Crippen LogP contribution in [-0.2, 0) is 14.8 Å². The van der Waals surface area contributed by atoms with Gasteiger partial charge in [-0.1, -0.05) is 6.92 Å². The van der Waals surface area contributed by atoms with Crippen LogP contribution in [0.15, 0.2) is 0 Å². The number of carboxylic acids is 1. The molecule has 5 nitrogen and oxygen atoms in total. The number of sulfonamides is 1. The molecule has 1 aliphatic heterocycles. The molecule has 94 valence electrons. The minimum atomic E-state index is -3.50. The first-order chi connectivity index (χ1) is 7.32. The quantitative estimate of drug-likeness (QED) is 0.821. The van der Waals surface area contributed by atoms with Gasteiger partial charge < -0.3 is 5.11 Å². The Labute approximate surface area is 100 Å². The van der Waals surface area contributed by atoms with Gasteiger partial charge in [-0.05, 0) is 20.3 Å². The summed E-state index contributed by atoms with van der Waals surface area (Å²) in [6, 6.07) is -0.914. The normalized spacial score (nSPS) is 27.5. The molecule has 7 heteroatoms. The molecule has 0 spiro atoms. The molecular formula is C9H17NO4S2. The highest BCUT2D eigenvalue weighted by atomic mass is 32.2. The Morgan fingerprint density at radius 1 is 1.56 bits per heavy atom. The van der Waals surface area contributed by atoms with E-state index in [1.165, 1.54) is 16.1 Å². The molecule has 1 rings (SSSR count). The number of hydrogen-bond donors (Lipinski definition) is 1. The number of aliphatic carboxylic acids is 1. The van der Waals surface area contributed by atoms with Crippen molar-refractivity contribution in [3.63, 3.8) is 0 Å². The minimum absolute atomic E-state index is 0.242. The Bertz CT molecular complexity index is 366. The van der Waals surface area contributed by atoms with Gasteiger partial charge in [-0.25, -0.2) is 8.42 Å². The van der Waals surface area contributed by atoms with Crippen molar-refractivity contribution in [1.82, 2.24) is 4.31 Å². The van der Waals surface area contributed by atoms with Crippen LogP contribution < -0.4 is 0 Å². The summed E-state index contributed by atoms with van der Waals surface area (Å²) in [5.74, 6) is -0.729. The van der Waals surface area contributed by atoms with E-state index in [-0.39, 0.29) is 5.37 Å². The van der Waals surface area contributed by atoms with E-state index >= 15 is 0 Å². The zero-order valence-electron chi connectivity index (χ0n) is 9.58. The average Bonchev–Trinajstić information content (AvgIpc) is 2.60. The molecule has 0 saturated carbocycles. The van der Waals surface area contributed by atoms with Crippen molar-refractivity contribution in [2.45, 2.75) is 43.9 Å². The van der Waals surface area contributed by atoms with Crippen molar-refractivity contribution in [2.75, 3.05) is 5.75 Å². The van der Waals surface area contributed by atoms with Crippen LogP contribution in [0.1, 0.15) is 27.2 Å². The number of carboxylic acid groups (broad SMARTS) is 1. The van der Waals surface area contributed by atoms with Gasteiger partial charge in [0.15, 0.2) is 0 Å². The molecular weight excluding hydrogens is 250 g/mol. The molecule has 1 fully saturated rings. The highest BCUT2D eigenvalue weighted by Crippen LogP contribution is 2.34. The number of thioether (sulfide) groups is 1. The number of nitrogens with zero attached hydrogens (tertiary/aromatic N) is 1. The topological polar surface area (TPSA) is 74.7 Å². The second-order valence-electron chi connectivity index (χ2n) is 3.97. The predicted molar refractivity (Wildman–Crippen MR) is 63.9 cm³/mol. The lowest BCUT2D eigenvalue weighted by atomic mass is 10.3. The highest BCUT2D eigenvalue weighted by Gasteiger charge is 2.45. The highest BCUT2D eigenvalue weighted by molar-refractivity contribution is 8.01. The van der Waals surface area contributed by atoms with Crippen LogP contribution in [-0.4, -0.2) is 46.2 Å². The van der Waals surface area contributed by atoms with Gasteiger partial charge in [-0.15, -0.1) is 11.8 Å². The van der Waals surface area contributed by atoms with Crippen molar-refractivity contribution in [3.8, 4) is 0 Å². The molecule has 0 aliphatic carbocycles. The van der Waals surface area contributed by atoms with Gasteiger partial charge in [0.1, 0.15) is 6.04 Å². The average molecular weight is 267 g/mol. The van der Waals surface area contributed by atoms with E-state index in [0.717, 1.165) is 0 Å². The first-order valence-electron chi connectivity index (χ1n) is 5.19. The summed E-state index contributed by atoms with van der Waals surface area (Å²) >= 11 is 1.40. The Morgan fingerprint density at radius 3 is 2.50 bits per heavy atom. The molecule has 0 aromatic carbocycles. The van der Waals surface area contributed by atoms with Crippen LogP contribution in [0.3, 0.4) is 0 Å². The third-order valence-electron chi connectivity index (χ3n) is 2.56. The SMILES string of the molecule is CCC1SCC(C(=O)O)N1S(=O)(=O)C(C)C. The van der Waals surface area contributed by atoms with E-state index in [0.29, 0.717) is 12.2 Å². The maximum Gasteiger partial charge on any atom is 0.322 e. The third kappa shape index (κ3) is 2.36. The fourth-order valence-corrected chi connectivity index (χ4v) is 4.97. The molecule has 1 heterocycles. The van der Waals surface area contributed by atoms with Gasteiger partial charge in [0.2, 0.25) is 10.0 Å². The van der Waals surface area contributed by atoms with Gasteiger partial charge in [0, 0.05) is 5.75 Å². The molecule has 0 aromatic heterocycles. The largest absolute Gasteiger partial charge is 0.480 e. The number of rotatable bonds is 4. The molecule has 0 amide bonds. The third-order valence-corrected chi connectivity index (χ3v) is 6.44. The fraction of sp³-hybridized carbons (Fsp3) is 0.889. The van der Waals surface area contributed by atoms with E-state index in [4.69, 9.17) is 5.11 Å². The van der Waals surface area contributed by atoms with Crippen LogP contribution in [0, 0.1) is 0 Å². The van der Waals surface area contributed by atoms with Gasteiger partial charge in [0.25, 0.3) is 0 Å². The van der Waals surface area contributed by atoms with E-state index in [1.54, 1.807) is 13.8 Å². The Morgan fingerprint density at radius 2 is 2.12 bits per heavy atom. The Kier molecular flexibility index (Phi) is 4.25. The fourth-order valence-electron chi connectivity index (χ4n) is 1.61. The molecule has 0 radical (unpaired) electrons. The van der Waals surface area contributed by atoms with Crippen LogP contribution in [0.2, 0.25) is 0 Å². The lowest BCUT2D eigenvalue weighted by Crippen LogP contribution is -2.48.